The molecular formula is C14H18Cl2N2O. The molecule has 1 aromatic carbocycles. The molecule has 1 aliphatic rings. The Morgan fingerprint density at radius 1 is 1.32 bits per heavy atom. The van der Waals surface area contributed by atoms with Crippen molar-refractivity contribution in [1.29, 1.82) is 0 Å². The Morgan fingerprint density at radius 2 is 2.00 bits per heavy atom. The van der Waals surface area contributed by atoms with Crippen LogP contribution in [0.3, 0.4) is 0 Å². The van der Waals surface area contributed by atoms with Crippen molar-refractivity contribution in [2.24, 2.45) is 5.92 Å². The van der Waals surface area contributed by atoms with E-state index < -0.39 is 0 Å². The summed E-state index contributed by atoms with van der Waals surface area (Å²) in [6.45, 7) is 4.44. The second-order valence-corrected chi connectivity index (χ2v) is 5.52. The van der Waals surface area contributed by atoms with Gasteiger partial charge in [-0.1, -0.05) is 23.2 Å². The highest BCUT2D eigenvalue weighted by Crippen LogP contribution is 2.28. The molecule has 104 valence electrons. The molecule has 1 aromatic rings. The zero-order chi connectivity index (χ0) is 13.8. The van der Waals surface area contributed by atoms with Crippen LogP contribution in [0.15, 0.2) is 18.2 Å². The normalized spacial score (nSPS) is 16.4. The molecule has 5 heteroatoms. The number of rotatable bonds is 3. The molecule has 0 unspecified atom stereocenters. The van der Waals surface area contributed by atoms with Crippen molar-refractivity contribution in [2.45, 2.75) is 19.8 Å². The number of hydrogen-bond acceptors (Lipinski definition) is 2. The van der Waals surface area contributed by atoms with Gasteiger partial charge in [-0.3, -0.25) is 4.79 Å². The molecule has 2 rings (SSSR count). The highest BCUT2D eigenvalue weighted by atomic mass is 35.5. The molecule has 0 bridgehead atoms. The first-order valence-electron chi connectivity index (χ1n) is 6.60. The standard InChI is InChI=1S/C14H18Cl2N2O/c1-2-18(11-3-4-12(15)13(16)9-11)14(19)10-5-7-17-8-6-10/h3-4,9-10,17H,2,5-8H2,1H3. The number of benzene rings is 1. The maximum absolute atomic E-state index is 12.5. The lowest BCUT2D eigenvalue weighted by Crippen LogP contribution is -2.41. The number of halogens is 2. The number of piperidine rings is 1. The summed E-state index contributed by atoms with van der Waals surface area (Å²) in [6, 6.07) is 5.33. The average Bonchev–Trinajstić information content (AvgIpc) is 2.44. The molecule has 1 fully saturated rings. The van der Waals surface area contributed by atoms with Crippen molar-refractivity contribution < 1.29 is 4.79 Å². The van der Waals surface area contributed by atoms with E-state index in [1.165, 1.54) is 0 Å². The fourth-order valence-electron chi connectivity index (χ4n) is 2.41. The summed E-state index contributed by atoms with van der Waals surface area (Å²) in [5.74, 6) is 0.290. The molecule has 0 aliphatic carbocycles. The van der Waals surface area contributed by atoms with Crippen molar-refractivity contribution in [3.05, 3.63) is 28.2 Å². The number of anilines is 1. The fraction of sp³-hybridized carbons (Fsp3) is 0.500. The number of nitrogens with one attached hydrogen (secondary N) is 1. The van der Waals surface area contributed by atoms with Crippen LogP contribution in [0.1, 0.15) is 19.8 Å². The highest BCUT2D eigenvalue weighted by Gasteiger charge is 2.26. The molecule has 19 heavy (non-hydrogen) atoms. The quantitative estimate of drug-likeness (QED) is 0.928. The minimum atomic E-state index is 0.107. The third-order valence-electron chi connectivity index (χ3n) is 3.49. The van der Waals surface area contributed by atoms with Crippen LogP contribution in [-0.4, -0.2) is 25.5 Å². The van der Waals surface area contributed by atoms with Gasteiger partial charge in [0, 0.05) is 18.2 Å². The topological polar surface area (TPSA) is 32.3 Å². The summed E-state index contributed by atoms with van der Waals surface area (Å²) >= 11 is 11.9. The Hall–Kier alpha value is -0.770. The Kier molecular flexibility index (Phi) is 5.08. The fourth-order valence-corrected chi connectivity index (χ4v) is 2.70. The van der Waals surface area contributed by atoms with E-state index in [1.54, 1.807) is 17.0 Å². The van der Waals surface area contributed by atoms with Crippen LogP contribution in [0, 0.1) is 5.92 Å². The van der Waals surface area contributed by atoms with Crippen LogP contribution in [0.5, 0.6) is 0 Å². The molecule has 1 saturated heterocycles. The van der Waals surface area contributed by atoms with Crippen LogP contribution < -0.4 is 10.2 Å². The molecule has 3 nitrogen and oxygen atoms in total. The third-order valence-corrected chi connectivity index (χ3v) is 4.22. The maximum Gasteiger partial charge on any atom is 0.230 e. The van der Waals surface area contributed by atoms with E-state index in [2.05, 4.69) is 5.32 Å². The summed E-state index contributed by atoms with van der Waals surface area (Å²) in [5.41, 5.74) is 0.820. The van der Waals surface area contributed by atoms with E-state index >= 15 is 0 Å². The smallest absolute Gasteiger partial charge is 0.230 e. The van der Waals surface area contributed by atoms with Gasteiger partial charge in [-0.25, -0.2) is 0 Å². The molecule has 1 amide bonds. The molecule has 1 N–H and O–H groups in total. The molecule has 0 spiro atoms. The molecule has 0 atom stereocenters. The molecule has 0 radical (unpaired) electrons. The zero-order valence-electron chi connectivity index (χ0n) is 11.0. The first kappa shape index (κ1) is 14.6. The van der Waals surface area contributed by atoms with Gasteiger partial charge in [0.2, 0.25) is 5.91 Å². The van der Waals surface area contributed by atoms with E-state index in [-0.39, 0.29) is 11.8 Å². The molecule has 1 heterocycles. The SMILES string of the molecule is CCN(C(=O)C1CCNCC1)c1ccc(Cl)c(Cl)c1. The predicted molar refractivity (Wildman–Crippen MR) is 80.1 cm³/mol. The van der Waals surface area contributed by atoms with Crippen LogP contribution in [0.2, 0.25) is 10.0 Å². The van der Waals surface area contributed by atoms with E-state index in [0.717, 1.165) is 31.6 Å². The Balaban J connectivity index is 2.18. The highest BCUT2D eigenvalue weighted by molar-refractivity contribution is 6.42. The lowest BCUT2D eigenvalue weighted by atomic mass is 9.96. The molecule has 0 aromatic heterocycles. The summed E-state index contributed by atoms with van der Waals surface area (Å²) in [7, 11) is 0. The first-order valence-corrected chi connectivity index (χ1v) is 7.36. The van der Waals surface area contributed by atoms with E-state index in [9.17, 15) is 4.79 Å². The van der Waals surface area contributed by atoms with Crippen molar-refractivity contribution in [3.63, 3.8) is 0 Å². The lowest BCUT2D eigenvalue weighted by molar-refractivity contribution is -0.123. The van der Waals surface area contributed by atoms with Crippen LogP contribution in [-0.2, 0) is 4.79 Å². The van der Waals surface area contributed by atoms with Gasteiger partial charge in [0.05, 0.1) is 10.0 Å². The Bertz CT molecular complexity index is 459. The van der Waals surface area contributed by atoms with Crippen molar-refractivity contribution in [1.82, 2.24) is 5.32 Å². The molecular weight excluding hydrogens is 283 g/mol. The van der Waals surface area contributed by atoms with Crippen molar-refractivity contribution in [3.8, 4) is 0 Å². The first-order chi connectivity index (χ1) is 9.13. The largest absolute Gasteiger partial charge is 0.317 e. The van der Waals surface area contributed by atoms with E-state index in [0.29, 0.717) is 16.6 Å². The summed E-state index contributed by atoms with van der Waals surface area (Å²) in [5, 5.41) is 4.27. The lowest BCUT2D eigenvalue weighted by Gasteiger charge is -2.29. The summed E-state index contributed by atoms with van der Waals surface area (Å²) in [4.78, 5) is 14.3. The van der Waals surface area contributed by atoms with Crippen molar-refractivity contribution >= 4 is 34.8 Å². The summed E-state index contributed by atoms with van der Waals surface area (Å²) < 4.78 is 0. The Morgan fingerprint density at radius 3 is 2.58 bits per heavy atom. The minimum Gasteiger partial charge on any atom is -0.317 e. The summed E-state index contributed by atoms with van der Waals surface area (Å²) in [6.07, 6.45) is 1.80. The minimum absolute atomic E-state index is 0.107. The van der Waals surface area contributed by atoms with Crippen LogP contribution in [0.4, 0.5) is 5.69 Å². The number of carbonyl (C=O) groups excluding carboxylic acids is 1. The van der Waals surface area contributed by atoms with Gasteiger partial charge in [0.15, 0.2) is 0 Å². The van der Waals surface area contributed by atoms with Gasteiger partial charge in [0.25, 0.3) is 0 Å². The number of amides is 1. The number of hydrogen-bond donors (Lipinski definition) is 1. The number of nitrogens with zero attached hydrogens (tertiary/aromatic N) is 1. The monoisotopic (exact) mass is 300 g/mol. The van der Waals surface area contributed by atoms with Crippen molar-refractivity contribution in [2.75, 3.05) is 24.5 Å². The zero-order valence-corrected chi connectivity index (χ0v) is 12.5. The van der Waals surface area contributed by atoms with Crippen LogP contribution in [0.25, 0.3) is 0 Å². The van der Waals surface area contributed by atoms with Crippen LogP contribution >= 0.6 is 23.2 Å². The molecule has 1 aliphatic heterocycles. The number of carbonyl (C=O) groups is 1. The second kappa shape index (κ2) is 6.60. The average molecular weight is 301 g/mol. The second-order valence-electron chi connectivity index (χ2n) is 4.71. The van der Waals surface area contributed by atoms with Gasteiger partial charge >= 0.3 is 0 Å². The van der Waals surface area contributed by atoms with Gasteiger partial charge in [-0.15, -0.1) is 0 Å². The third kappa shape index (κ3) is 3.41. The van der Waals surface area contributed by atoms with Gasteiger partial charge in [-0.05, 0) is 51.1 Å². The van der Waals surface area contributed by atoms with E-state index in [1.807, 2.05) is 13.0 Å². The van der Waals surface area contributed by atoms with Gasteiger partial charge in [-0.2, -0.15) is 0 Å². The van der Waals surface area contributed by atoms with Gasteiger partial charge < -0.3 is 10.2 Å². The van der Waals surface area contributed by atoms with Gasteiger partial charge in [0.1, 0.15) is 0 Å². The molecule has 0 saturated carbocycles. The van der Waals surface area contributed by atoms with E-state index in [4.69, 9.17) is 23.2 Å². The predicted octanol–water partition coefficient (Wildman–Crippen LogP) is 3.35. The Labute approximate surface area is 123 Å². The maximum atomic E-state index is 12.5.